The maximum Gasteiger partial charge on any atom is 0.257 e. The Kier molecular flexibility index (Phi) is 4.76. The first kappa shape index (κ1) is 15.0. The lowest BCUT2D eigenvalue weighted by Gasteiger charge is -2.11. The molecule has 0 radical (unpaired) electrons. The third kappa shape index (κ3) is 3.18. The molecule has 0 spiro atoms. The molecule has 1 amide bonds. The van der Waals surface area contributed by atoms with E-state index in [-0.39, 0.29) is 5.91 Å². The highest BCUT2D eigenvalue weighted by Gasteiger charge is 2.14. The Bertz CT molecular complexity index is 659. The average Bonchev–Trinajstić information content (AvgIpc) is 2.43. The normalized spacial score (nSPS) is 10.2. The van der Waals surface area contributed by atoms with Gasteiger partial charge in [-0.05, 0) is 30.3 Å². The number of benzene rings is 2. The fraction of sp³-hybridized carbons (Fsp3) is 0.0714. The molecule has 0 aromatic heterocycles. The zero-order valence-corrected chi connectivity index (χ0v) is 12.8. The van der Waals surface area contributed by atoms with Crippen LogP contribution in [-0.4, -0.2) is 13.0 Å². The molecule has 20 heavy (non-hydrogen) atoms. The molecule has 2 rings (SSSR count). The van der Waals surface area contributed by atoms with Crippen molar-refractivity contribution in [1.29, 1.82) is 0 Å². The van der Waals surface area contributed by atoms with Crippen molar-refractivity contribution in [3.63, 3.8) is 0 Å². The summed E-state index contributed by atoms with van der Waals surface area (Å²) in [6, 6.07) is 10.1. The number of rotatable bonds is 3. The topological polar surface area (TPSA) is 41.1 Å². The van der Waals surface area contributed by atoms with Gasteiger partial charge in [0, 0.05) is 17.8 Å². The van der Waals surface area contributed by atoms with E-state index in [0.717, 1.165) is 0 Å². The van der Waals surface area contributed by atoms with Crippen LogP contribution in [0.25, 0.3) is 0 Å². The molecule has 0 atom stereocenters. The van der Waals surface area contributed by atoms with Crippen molar-refractivity contribution in [1.82, 2.24) is 0 Å². The maximum absolute atomic E-state index is 12.3. The van der Waals surface area contributed by atoms with Gasteiger partial charge in [0.1, 0.15) is 0 Å². The minimum absolute atomic E-state index is 0.301. The van der Waals surface area contributed by atoms with Crippen LogP contribution in [0.2, 0.25) is 15.1 Å². The van der Waals surface area contributed by atoms with E-state index in [1.807, 2.05) is 0 Å². The molecular formula is C14H11Cl3N2O. The number of anilines is 2. The molecule has 0 saturated carbocycles. The van der Waals surface area contributed by atoms with Crippen LogP contribution in [0.4, 0.5) is 11.4 Å². The number of nitrogens with one attached hydrogen (secondary N) is 2. The van der Waals surface area contributed by atoms with E-state index in [0.29, 0.717) is 32.0 Å². The number of hydrogen-bond donors (Lipinski definition) is 2. The van der Waals surface area contributed by atoms with E-state index in [9.17, 15) is 4.79 Å². The highest BCUT2D eigenvalue weighted by Crippen LogP contribution is 2.30. The maximum atomic E-state index is 12.3. The summed E-state index contributed by atoms with van der Waals surface area (Å²) in [5, 5.41) is 6.81. The molecule has 6 heteroatoms. The summed E-state index contributed by atoms with van der Waals surface area (Å²) in [6.07, 6.45) is 0. The molecular weight excluding hydrogens is 319 g/mol. The van der Waals surface area contributed by atoms with Crippen molar-refractivity contribution in [2.24, 2.45) is 0 Å². The molecule has 0 unspecified atom stereocenters. The monoisotopic (exact) mass is 328 g/mol. The standard InChI is InChI=1S/C14H11Cl3N2O/c1-18-11-6-5-8(15)7-9(11)14(20)19-12-4-2-3-10(16)13(12)17/h2-7,18H,1H3,(H,19,20). The Balaban J connectivity index is 2.33. The van der Waals surface area contributed by atoms with E-state index in [1.165, 1.54) is 0 Å². The number of carbonyl (C=O) groups is 1. The van der Waals surface area contributed by atoms with Gasteiger partial charge in [-0.15, -0.1) is 0 Å². The highest BCUT2D eigenvalue weighted by molar-refractivity contribution is 6.44. The van der Waals surface area contributed by atoms with E-state index in [1.54, 1.807) is 43.4 Å². The van der Waals surface area contributed by atoms with Gasteiger partial charge in [-0.3, -0.25) is 4.79 Å². The Labute approximate surface area is 131 Å². The fourth-order valence-corrected chi connectivity index (χ4v) is 2.23. The molecule has 3 nitrogen and oxygen atoms in total. The molecule has 0 aliphatic rings. The van der Waals surface area contributed by atoms with Crippen molar-refractivity contribution in [3.05, 3.63) is 57.0 Å². The fourth-order valence-electron chi connectivity index (χ4n) is 1.71. The smallest absolute Gasteiger partial charge is 0.257 e. The lowest BCUT2D eigenvalue weighted by Crippen LogP contribution is -2.14. The molecule has 0 heterocycles. The summed E-state index contributed by atoms with van der Waals surface area (Å²) < 4.78 is 0. The van der Waals surface area contributed by atoms with Gasteiger partial charge in [0.25, 0.3) is 5.91 Å². The largest absolute Gasteiger partial charge is 0.387 e. The molecule has 0 bridgehead atoms. The molecule has 0 aliphatic carbocycles. The Morgan fingerprint density at radius 1 is 1.05 bits per heavy atom. The number of amides is 1. The predicted octanol–water partition coefficient (Wildman–Crippen LogP) is 4.94. The van der Waals surface area contributed by atoms with Gasteiger partial charge in [-0.1, -0.05) is 40.9 Å². The van der Waals surface area contributed by atoms with Gasteiger partial charge in [-0.2, -0.15) is 0 Å². The lowest BCUT2D eigenvalue weighted by atomic mass is 10.1. The summed E-state index contributed by atoms with van der Waals surface area (Å²) in [5.41, 5.74) is 1.55. The third-order valence-electron chi connectivity index (χ3n) is 2.70. The second-order valence-electron chi connectivity index (χ2n) is 4.00. The van der Waals surface area contributed by atoms with Gasteiger partial charge in [0.2, 0.25) is 0 Å². The van der Waals surface area contributed by atoms with Crippen LogP contribution in [-0.2, 0) is 0 Å². The van der Waals surface area contributed by atoms with Crippen LogP contribution < -0.4 is 10.6 Å². The van der Waals surface area contributed by atoms with E-state index in [4.69, 9.17) is 34.8 Å². The molecule has 2 N–H and O–H groups in total. The van der Waals surface area contributed by atoms with Gasteiger partial charge in [0.15, 0.2) is 0 Å². The van der Waals surface area contributed by atoms with Crippen LogP contribution in [0.5, 0.6) is 0 Å². The number of carbonyl (C=O) groups excluding carboxylic acids is 1. The third-order valence-corrected chi connectivity index (χ3v) is 3.75. The van der Waals surface area contributed by atoms with Crippen LogP contribution >= 0.6 is 34.8 Å². The van der Waals surface area contributed by atoms with Crippen LogP contribution in [0.1, 0.15) is 10.4 Å². The lowest BCUT2D eigenvalue weighted by molar-refractivity contribution is 0.102. The van der Waals surface area contributed by atoms with Crippen LogP contribution in [0.3, 0.4) is 0 Å². The number of hydrogen-bond acceptors (Lipinski definition) is 2. The molecule has 0 fully saturated rings. The zero-order chi connectivity index (χ0) is 14.7. The molecule has 0 aliphatic heterocycles. The van der Waals surface area contributed by atoms with Crippen molar-refractivity contribution in [2.75, 3.05) is 17.7 Å². The van der Waals surface area contributed by atoms with Gasteiger partial charge in [0.05, 0.1) is 21.3 Å². The minimum atomic E-state index is -0.319. The Morgan fingerprint density at radius 3 is 2.50 bits per heavy atom. The van der Waals surface area contributed by atoms with Crippen molar-refractivity contribution in [2.45, 2.75) is 0 Å². The predicted molar refractivity (Wildman–Crippen MR) is 85.4 cm³/mol. The minimum Gasteiger partial charge on any atom is -0.387 e. The Hall–Kier alpha value is -1.42. The first-order chi connectivity index (χ1) is 9.52. The van der Waals surface area contributed by atoms with E-state index in [2.05, 4.69) is 10.6 Å². The molecule has 2 aromatic carbocycles. The van der Waals surface area contributed by atoms with Crippen molar-refractivity contribution >= 4 is 52.1 Å². The Morgan fingerprint density at radius 2 is 1.80 bits per heavy atom. The van der Waals surface area contributed by atoms with Gasteiger partial charge < -0.3 is 10.6 Å². The van der Waals surface area contributed by atoms with Crippen LogP contribution in [0.15, 0.2) is 36.4 Å². The first-order valence-corrected chi connectivity index (χ1v) is 6.89. The summed E-state index contributed by atoms with van der Waals surface area (Å²) in [4.78, 5) is 12.3. The molecule has 2 aromatic rings. The quantitative estimate of drug-likeness (QED) is 0.837. The van der Waals surface area contributed by atoms with Crippen molar-refractivity contribution in [3.8, 4) is 0 Å². The second kappa shape index (κ2) is 6.35. The van der Waals surface area contributed by atoms with Gasteiger partial charge >= 0.3 is 0 Å². The van der Waals surface area contributed by atoms with E-state index < -0.39 is 0 Å². The first-order valence-electron chi connectivity index (χ1n) is 5.75. The van der Waals surface area contributed by atoms with Crippen LogP contribution in [0, 0.1) is 0 Å². The summed E-state index contributed by atoms with van der Waals surface area (Å²) >= 11 is 17.9. The van der Waals surface area contributed by atoms with Crippen molar-refractivity contribution < 1.29 is 4.79 Å². The SMILES string of the molecule is CNc1ccc(Cl)cc1C(=O)Nc1cccc(Cl)c1Cl. The summed E-state index contributed by atoms with van der Waals surface area (Å²) in [6.45, 7) is 0. The second-order valence-corrected chi connectivity index (χ2v) is 5.22. The summed E-state index contributed by atoms with van der Waals surface area (Å²) in [7, 11) is 1.73. The molecule has 104 valence electrons. The highest BCUT2D eigenvalue weighted by atomic mass is 35.5. The number of halogens is 3. The summed E-state index contributed by atoms with van der Waals surface area (Å²) in [5.74, 6) is -0.319. The average molecular weight is 330 g/mol. The zero-order valence-electron chi connectivity index (χ0n) is 10.5. The molecule has 0 saturated heterocycles. The van der Waals surface area contributed by atoms with E-state index >= 15 is 0 Å². The van der Waals surface area contributed by atoms with Gasteiger partial charge in [-0.25, -0.2) is 0 Å².